The van der Waals surface area contributed by atoms with Crippen LogP contribution >= 0.6 is 11.9 Å². The number of benzene rings is 1. The maximum atomic E-state index is 12.8. The van der Waals surface area contributed by atoms with Gasteiger partial charge in [-0.15, -0.1) is 8.78 Å². The second kappa shape index (κ2) is 4.70. The third-order valence-electron chi connectivity index (χ3n) is 2.02. The maximum Gasteiger partial charge on any atom is 0.586 e. The normalized spacial score (nSPS) is 16.5. The van der Waals surface area contributed by atoms with E-state index in [0.29, 0.717) is 11.8 Å². The average Bonchev–Trinajstić information content (AvgIpc) is 2.50. The lowest BCUT2D eigenvalue weighted by Crippen LogP contribution is -2.25. The van der Waals surface area contributed by atoms with Crippen molar-refractivity contribution in [3.05, 3.63) is 23.8 Å². The molecule has 1 heterocycles. The Morgan fingerprint density at radius 2 is 2.00 bits per heavy atom. The van der Waals surface area contributed by atoms with E-state index < -0.39 is 6.29 Å². The Labute approximate surface area is 103 Å². The van der Waals surface area contributed by atoms with Crippen LogP contribution in [-0.4, -0.2) is 12.3 Å². The molecule has 0 saturated carbocycles. The van der Waals surface area contributed by atoms with Gasteiger partial charge in [-0.3, -0.25) is 4.72 Å². The summed E-state index contributed by atoms with van der Waals surface area (Å²) < 4.78 is 37.4. The van der Waals surface area contributed by atoms with Crippen LogP contribution < -0.4 is 14.2 Å². The number of halogens is 2. The second-order valence-electron chi connectivity index (χ2n) is 4.01. The Bertz CT molecular complexity index is 412. The van der Waals surface area contributed by atoms with Gasteiger partial charge in [-0.25, -0.2) is 0 Å². The van der Waals surface area contributed by atoms with Gasteiger partial charge < -0.3 is 9.47 Å². The van der Waals surface area contributed by atoms with Gasteiger partial charge in [-0.05, 0) is 31.5 Å². The Morgan fingerprint density at radius 1 is 1.29 bits per heavy atom. The number of nitrogens with one attached hydrogen (secondary N) is 1. The van der Waals surface area contributed by atoms with E-state index in [1.807, 2.05) is 13.8 Å². The highest BCUT2D eigenvalue weighted by Gasteiger charge is 2.43. The molecule has 1 aliphatic heterocycles. The van der Waals surface area contributed by atoms with Gasteiger partial charge >= 0.3 is 6.29 Å². The molecule has 2 rings (SSSR count). The van der Waals surface area contributed by atoms with Gasteiger partial charge in [0.2, 0.25) is 0 Å². The van der Waals surface area contributed by atoms with E-state index in [9.17, 15) is 8.78 Å². The van der Waals surface area contributed by atoms with E-state index in [-0.39, 0.29) is 11.5 Å². The van der Waals surface area contributed by atoms with E-state index in [4.69, 9.17) is 0 Å². The monoisotopic (exact) mass is 261 g/mol. The standard InChI is InChI=1S/C11H13F2NO2S/c1-7(2)14-17-6-8-3-4-9-10(5-8)16-11(12,13)15-9/h3-5,7,14H,6H2,1-2H3. The van der Waals surface area contributed by atoms with E-state index >= 15 is 0 Å². The predicted molar refractivity (Wildman–Crippen MR) is 62.2 cm³/mol. The van der Waals surface area contributed by atoms with Gasteiger partial charge in [0.15, 0.2) is 11.5 Å². The molecule has 94 valence electrons. The van der Waals surface area contributed by atoms with Crippen molar-refractivity contribution in [3.8, 4) is 11.5 Å². The summed E-state index contributed by atoms with van der Waals surface area (Å²) in [6.07, 6.45) is -3.54. The molecule has 6 heteroatoms. The third-order valence-corrected chi connectivity index (χ3v) is 3.14. The fourth-order valence-corrected chi connectivity index (χ4v) is 2.14. The highest BCUT2D eigenvalue weighted by molar-refractivity contribution is 7.96. The number of hydrogen-bond donors (Lipinski definition) is 1. The fourth-order valence-electron chi connectivity index (χ4n) is 1.37. The van der Waals surface area contributed by atoms with Crippen molar-refractivity contribution < 1.29 is 18.3 Å². The summed E-state index contributed by atoms with van der Waals surface area (Å²) in [5.74, 6) is 0.860. The van der Waals surface area contributed by atoms with E-state index in [2.05, 4.69) is 14.2 Å². The lowest BCUT2D eigenvalue weighted by molar-refractivity contribution is -0.286. The first-order valence-corrected chi connectivity index (χ1v) is 6.21. The molecule has 0 bridgehead atoms. The zero-order chi connectivity index (χ0) is 12.5. The molecule has 0 radical (unpaired) electrons. The van der Waals surface area contributed by atoms with E-state index in [0.717, 1.165) is 5.56 Å². The first kappa shape index (κ1) is 12.4. The third kappa shape index (κ3) is 3.23. The molecular weight excluding hydrogens is 248 g/mol. The van der Waals surface area contributed by atoms with Crippen molar-refractivity contribution in [1.29, 1.82) is 0 Å². The Kier molecular flexibility index (Phi) is 3.44. The zero-order valence-corrected chi connectivity index (χ0v) is 10.3. The van der Waals surface area contributed by atoms with Crippen molar-refractivity contribution in [2.75, 3.05) is 0 Å². The van der Waals surface area contributed by atoms with Crippen LogP contribution in [0.3, 0.4) is 0 Å². The first-order chi connectivity index (χ1) is 7.96. The summed E-state index contributed by atoms with van der Waals surface area (Å²) in [6.45, 7) is 4.07. The van der Waals surface area contributed by atoms with Gasteiger partial charge in [-0.1, -0.05) is 18.0 Å². The number of fused-ring (bicyclic) bond motifs is 1. The van der Waals surface area contributed by atoms with Crippen LogP contribution in [0.4, 0.5) is 8.78 Å². The lowest BCUT2D eigenvalue weighted by atomic mass is 10.2. The maximum absolute atomic E-state index is 12.8. The predicted octanol–water partition coefficient (Wildman–Crippen LogP) is 3.15. The molecule has 3 nitrogen and oxygen atoms in total. The number of alkyl halides is 2. The molecule has 1 aromatic carbocycles. The molecule has 0 aromatic heterocycles. The van der Waals surface area contributed by atoms with Crippen LogP contribution in [0, 0.1) is 0 Å². The minimum atomic E-state index is -3.54. The van der Waals surface area contributed by atoms with Crippen molar-refractivity contribution in [2.45, 2.75) is 31.9 Å². The highest BCUT2D eigenvalue weighted by Crippen LogP contribution is 2.41. The van der Waals surface area contributed by atoms with Crippen molar-refractivity contribution in [3.63, 3.8) is 0 Å². The average molecular weight is 261 g/mol. The molecule has 1 aliphatic rings. The molecule has 0 unspecified atom stereocenters. The van der Waals surface area contributed by atoms with Crippen LogP contribution in [0.1, 0.15) is 19.4 Å². The van der Waals surface area contributed by atoms with Gasteiger partial charge in [0.25, 0.3) is 0 Å². The Balaban J connectivity index is 1.99. The summed E-state index contributed by atoms with van der Waals surface area (Å²) in [4.78, 5) is 0. The number of ether oxygens (including phenoxy) is 2. The molecule has 0 saturated heterocycles. The van der Waals surface area contributed by atoms with E-state index in [1.165, 1.54) is 18.0 Å². The quantitative estimate of drug-likeness (QED) is 0.843. The molecule has 0 spiro atoms. The minimum Gasteiger partial charge on any atom is -0.395 e. The lowest BCUT2D eigenvalue weighted by Gasteiger charge is -2.07. The van der Waals surface area contributed by atoms with Gasteiger partial charge in [0, 0.05) is 11.8 Å². The van der Waals surface area contributed by atoms with Crippen molar-refractivity contribution >= 4 is 11.9 Å². The highest BCUT2D eigenvalue weighted by atomic mass is 32.2. The van der Waals surface area contributed by atoms with Crippen LogP contribution in [0.25, 0.3) is 0 Å². The summed E-state index contributed by atoms with van der Waals surface area (Å²) >= 11 is 1.53. The van der Waals surface area contributed by atoms with E-state index in [1.54, 1.807) is 12.1 Å². The molecule has 0 fully saturated rings. The molecular formula is C11H13F2NO2S. The van der Waals surface area contributed by atoms with Crippen LogP contribution in [-0.2, 0) is 5.75 Å². The molecule has 0 atom stereocenters. The number of hydrogen-bond acceptors (Lipinski definition) is 4. The Hall–Kier alpha value is -1.01. The zero-order valence-electron chi connectivity index (χ0n) is 9.50. The van der Waals surface area contributed by atoms with Crippen LogP contribution in [0.2, 0.25) is 0 Å². The Morgan fingerprint density at radius 3 is 2.71 bits per heavy atom. The summed E-state index contributed by atoms with van der Waals surface area (Å²) in [5.41, 5.74) is 0.906. The van der Waals surface area contributed by atoms with Gasteiger partial charge in [0.05, 0.1) is 0 Å². The van der Waals surface area contributed by atoms with Crippen molar-refractivity contribution in [1.82, 2.24) is 4.72 Å². The van der Waals surface area contributed by atoms with Gasteiger partial charge in [0.1, 0.15) is 0 Å². The molecule has 0 aliphatic carbocycles. The molecule has 1 aromatic rings. The second-order valence-corrected chi connectivity index (χ2v) is 4.82. The molecule has 1 N–H and O–H groups in total. The minimum absolute atomic E-state index is 0.0839. The van der Waals surface area contributed by atoms with Crippen molar-refractivity contribution in [2.24, 2.45) is 0 Å². The smallest absolute Gasteiger partial charge is 0.395 e. The fraction of sp³-hybridized carbons (Fsp3) is 0.455. The largest absolute Gasteiger partial charge is 0.586 e. The number of rotatable bonds is 4. The first-order valence-electron chi connectivity index (χ1n) is 5.22. The summed E-state index contributed by atoms with van der Waals surface area (Å²) in [6, 6.07) is 5.20. The molecule has 0 amide bonds. The summed E-state index contributed by atoms with van der Waals surface area (Å²) in [7, 11) is 0. The topological polar surface area (TPSA) is 30.5 Å². The summed E-state index contributed by atoms with van der Waals surface area (Å²) in [5, 5.41) is 0. The SMILES string of the molecule is CC(C)NSCc1ccc2c(c1)OC(F)(F)O2. The van der Waals surface area contributed by atoms with Gasteiger partial charge in [-0.2, -0.15) is 0 Å². The molecule has 17 heavy (non-hydrogen) atoms. The van der Waals surface area contributed by atoms with Crippen LogP contribution in [0.5, 0.6) is 11.5 Å². The van der Waals surface area contributed by atoms with Crippen LogP contribution in [0.15, 0.2) is 18.2 Å².